The molecule has 1 amide bonds. The van der Waals surface area contributed by atoms with Crippen molar-refractivity contribution < 1.29 is 9.53 Å². The van der Waals surface area contributed by atoms with E-state index < -0.39 is 0 Å². The molecule has 1 unspecified atom stereocenters. The second kappa shape index (κ2) is 8.53. The third kappa shape index (κ3) is 5.75. The van der Waals surface area contributed by atoms with Crippen molar-refractivity contribution in [1.29, 1.82) is 0 Å². The van der Waals surface area contributed by atoms with Gasteiger partial charge in [-0.2, -0.15) is 0 Å². The van der Waals surface area contributed by atoms with Gasteiger partial charge < -0.3 is 15.8 Å². The van der Waals surface area contributed by atoms with Gasteiger partial charge in [-0.3, -0.25) is 4.79 Å². The van der Waals surface area contributed by atoms with E-state index in [0.717, 1.165) is 18.6 Å². The van der Waals surface area contributed by atoms with Crippen molar-refractivity contribution in [3.05, 3.63) is 29.8 Å². The largest absolute Gasteiger partial charge is 0.494 e. The van der Waals surface area contributed by atoms with Gasteiger partial charge in [-0.1, -0.05) is 19.1 Å². The highest BCUT2D eigenvalue weighted by Crippen LogP contribution is 2.12. The highest BCUT2D eigenvalue weighted by molar-refractivity contribution is 5.78. The van der Waals surface area contributed by atoms with E-state index in [2.05, 4.69) is 5.32 Å². The maximum atomic E-state index is 11.7. The molecule has 0 saturated carbocycles. The molecule has 0 spiro atoms. The summed E-state index contributed by atoms with van der Waals surface area (Å²) in [4.78, 5) is 11.7. The van der Waals surface area contributed by atoms with Crippen LogP contribution in [0.1, 0.15) is 25.8 Å². The van der Waals surface area contributed by atoms with Gasteiger partial charge in [0.2, 0.25) is 5.91 Å². The van der Waals surface area contributed by atoms with Gasteiger partial charge in [0, 0.05) is 12.5 Å². The lowest BCUT2D eigenvalue weighted by Gasteiger charge is -2.11. The molecular formula is C15H24N2O2. The fourth-order valence-electron chi connectivity index (χ4n) is 1.80. The van der Waals surface area contributed by atoms with Crippen molar-refractivity contribution in [2.75, 3.05) is 19.7 Å². The van der Waals surface area contributed by atoms with Crippen LogP contribution in [0.5, 0.6) is 5.75 Å². The molecule has 0 saturated heterocycles. The van der Waals surface area contributed by atoms with Gasteiger partial charge in [-0.15, -0.1) is 0 Å². The smallest absolute Gasteiger partial charge is 0.222 e. The van der Waals surface area contributed by atoms with Crippen molar-refractivity contribution in [2.24, 2.45) is 11.7 Å². The molecule has 19 heavy (non-hydrogen) atoms. The number of carbonyl (C=O) groups excluding carboxylic acids is 1. The Bertz CT molecular complexity index is 376. The van der Waals surface area contributed by atoms with Crippen molar-refractivity contribution in [2.45, 2.75) is 26.7 Å². The first-order chi connectivity index (χ1) is 9.17. The van der Waals surface area contributed by atoms with Crippen LogP contribution in [-0.4, -0.2) is 25.6 Å². The van der Waals surface area contributed by atoms with E-state index in [9.17, 15) is 4.79 Å². The SMILES string of the molecule is CCOc1ccc(CCNC(=O)C(C)CCN)cc1. The Morgan fingerprint density at radius 2 is 2.05 bits per heavy atom. The van der Waals surface area contributed by atoms with Crippen molar-refractivity contribution >= 4 is 5.91 Å². The number of nitrogens with two attached hydrogens (primary N) is 1. The van der Waals surface area contributed by atoms with E-state index >= 15 is 0 Å². The van der Waals surface area contributed by atoms with Gasteiger partial charge in [0.15, 0.2) is 0 Å². The highest BCUT2D eigenvalue weighted by atomic mass is 16.5. The van der Waals surface area contributed by atoms with E-state index in [0.29, 0.717) is 19.7 Å². The van der Waals surface area contributed by atoms with Crippen LogP contribution in [0.4, 0.5) is 0 Å². The molecule has 0 radical (unpaired) electrons. The van der Waals surface area contributed by atoms with Gasteiger partial charge >= 0.3 is 0 Å². The van der Waals surface area contributed by atoms with Crippen LogP contribution in [0, 0.1) is 5.92 Å². The Kier molecular flexibility index (Phi) is 6.97. The van der Waals surface area contributed by atoms with Crippen LogP contribution in [0.2, 0.25) is 0 Å². The predicted octanol–water partition coefficient (Wildman–Crippen LogP) is 1.73. The minimum Gasteiger partial charge on any atom is -0.494 e. The van der Waals surface area contributed by atoms with Crippen LogP contribution >= 0.6 is 0 Å². The molecule has 4 heteroatoms. The standard InChI is InChI=1S/C15H24N2O2/c1-3-19-14-6-4-13(5-7-14)9-11-17-15(18)12(2)8-10-16/h4-7,12H,3,8-11,16H2,1-2H3,(H,17,18). The summed E-state index contributed by atoms with van der Waals surface area (Å²) in [5.41, 5.74) is 6.62. The number of benzene rings is 1. The lowest BCUT2D eigenvalue weighted by molar-refractivity contribution is -0.124. The van der Waals surface area contributed by atoms with Gasteiger partial charge in [0.1, 0.15) is 5.75 Å². The summed E-state index contributed by atoms with van der Waals surface area (Å²) in [5, 5.41) is 2.93. The molecule has 0 heterocycles. The van der Waals surface area contributed by atoms with E-state index in [1.165, 1.54) is 5.56 Å². The Balaban J connectivity index is 2.30. The maximum Gasteiger partial charge on any atom is 0.222 e. The number of ether oxygens (including phenoxy) is 1. The first-order valence-corrected chi connectivity index (χ1v) is 6.87. The summed E-state index contributed by atoms with van der Waals surface area (Å²) < 4.78 is 5.38. The number of hydrogen-bond acceptors (Lipinski definition) is 3. The summed E-state index contributed by atoms with van der Waals surface area (Å²) >= 11 is 0. The first kappa shape index (κ1) is 15.5. The van der Waals surface area contributed by atoms with Crippen LogP contribution in [0.15, 0.2) is 24.3 Å². The fourth-order valence-corrected chi connectivity index (χ4v) is 1.80. The molecule has 106 valence electrons. The summed E-state index contributed by atoms with van der Waals surface area (Å²) in [6.45, 7) is 5.74. The monoisotopic (exact) mass is 264 g/mol. The zero-order chi connectivity index (χ0) is 14.1. The van der Waals surface area contributed by atoms with Crippen molar-refractivity contribution in [1.82, 2.24) is 5.32 Å². The molecule has 0 fully saturated rings. The average Bonchev–Trinajstić information content (AvgIpc) is 2.41. The minimum absolute atomic E-state index is 0.00895. The number of amides is 1. The number of hydrogen-bond donors (Lipinski definition) is 2. The molecule has 0 bridgehead atoms. The molecule has 1 atom stereocenters. The Morgan fingerprint density at radius 1 is 1.37 bits per heavy atom. The van der Waals surface area contributed by atoms with Gasteiger partial charge in [0.25, 0.3) is 0 Å². The number of carbonyl (C=O) groups is 1. The second-order valence-corrected chi connectivity index (χ2v) is 4.60. The lowest BCUT2D eigenvalue weighted by Crippen LogP contribution is -2.31. The summed E-state index contributed by atoms with van der Waals surface area (Å²) in [6, 6.07) is 7.97. The summed E-state index contributed by atoms with van der Waals surface area (Å²) in [7, 11) is 0. The summed E-state index contributed by atoms with van der Waals surface area (Å²) in [6.07, 6.45) is 1.56. The van der Waals surface area contributed by atoms with Crippen LogP contribution in [0.25, 0.3) is 0 Å². The zero-order valence-corrected chi connectivity index (χ0v) is 11.8. The van der Waals surface area contributed by atoms with Crippen LogP contribution in [-0.2, 0) is 11.2 Å². The van der Waals surface area contributed by atoms with Gasteiger partial charge in [-0.05, 0) is 44.0 Å². The van der Waals surface area contributed by atoms with E-state index in [4.69, 9.17) is 10.5 Å². The molecule has 0 aliphatic carbocycles. The predicted molar refractivity (Wildman–Crippen MR) is 77.2 cm³/mol. The molecule has 1 rings (SSSR count). The third-order valence-electron chi connectivity index (χ3n) is 2.99. The average molecular weight is 264 g/mol. The number of rotatable bonds is 8. The molecule has 3 N–H and O–H groups in total. The van der Waals surface area contributed by atoms with Crippen molar-refractivity contribution in [3.63, 3.8) is 0 Å². The van der Waals surface area contributed by atoms with E-state index in [1.54, 1.807) is 0 Å². The maximum absolute atomic E-state index is 11.7. The normalized spacial score (nSPS) is 11.9. The second-order valence-electron chi connectivity index (χ2n) is 4.60. The third-order valence-corrected chi connectivity index (χ3v) is 2.99. The van der Waals surface area contributed by atoms with Crippen LogP contribution in [0.3, 0.4) is 0 Å². The quantitative estimate of drug-likeness (QED) is 0.751. The lowest BCUT2D eigenvalue weighted by atomic mass is 10.1. The Morgan fingerprint density at radius 3 is 2.63 bits per heavy atom. The fraction of sp³-hybridized carbons (Fsp3) is 0.533. The first-order valence-electron chi connectivity index (χ1n) is 6.87. The highest BCUT2D eigenvalue weighted by Gasteiger charge is 2.10. The van der Waals surface area contributed by atoms with Gasteiger partial charge in [-0.25, -0.2) is 0 Å². The zero-order valence-electron chi connectivity index (χ0n) is 11.8. The molecular weight excluding hydrogens is 240 g/mol. The molecule has 0 aliphatic heterocycles. The molecule has 1 aromatic rings. The van der Waals surface area contributed by atoms with Crippen LogP contribution < -0.4 is 15.8 Å². The van der Waals surface area contributed by atoms with Crippen molar-refractivity contribution in [3.8, 4) is 5.75 Å². The van der Waals surface area contributed by atoms with E-state index in [-0.39, 0.29) is 11.8 Å². The number of nitrogens with one attached hydrogen (secondary N) is 1. The van der Waals surface area contributed by atoms with Gasteiger partial charge in [0.05, 0.1) is 6.61 Å². The Labute approximate surface area is 115 Å². The summed E-state index contributed by atoms with van der Waals surface area (Å²) in [5.74, 6) is 0.952. The Hall–Kier alpha value is -1.55. The minimum atomic E-state index is -0.00895. The molecule has 0 aliphatic rings. The topological polar surface area (TPSA) is 64.3 Å². The van der Waals surface area contributed by atoms with E-state index in [1.807, 2.05) is 38.1 Å². The molecule has 4 nitrogen and oxygen atoms in total. The molecule has 1 aromatic carbocycles. The molecule has 0 aromatic heterocycles.